The summed E-state index contributed by atoms with van der Waals surface area (Å²) in [5.74, 6) is 0.264. The average Bonchev–Trinajstić information content (AvgIpc) is 2.33. The van der Waals surface area contributed by atoms with Gasteiger partial charge in [-0.05, 0) is 47.1 Å². The minimum atomic E-state index is -0.430. The molecule has 5 nitrogen and oxygen atoms in total. The first-order chi connectivity index (χ1) is 9.28. The average molecular weight is 284 g/mol. The summed E-state index contributed by atoms with van der Waals surface area (Å²) in [4.78, 5) is 26.9. The molecule has 1 aliphatic rings. The molecule has 0 unspecified atom stereocenters. The van der Waals surface area contributed by atoms with Gasteiger partial charge in [-0.15, -0.1) is 0 Å². The largest absolute Gasteiger partial charge is 0.444 e. The summed E-state index contributed by atoms with van der Waals surface area (Å²) in [6, 6.07) is 0. The maximum Gasteiger partial charge on any atom is 0.410 e. The Morgan fingerprint density at radius 2 is 1.65 bits per heavy atom. The van der Waals surface area contributed by atoms with E-state index in [1.165, 1.54) is 0 Å². The number of Topliss-reactive ketones (excluding diaryl/α,β-unsaturated/α-hetero) is 1. The number of hydrogen-bond donors (Lipinski definition) is 0. The molecule has 1 aliphatic heterocycles. The molecular weight excluding hydrogens is 256 g/mol. The zero-order valence-corrected chi connectivity index (χ0v) is 13.3. The number of rotatable bonds is 5. The number of unbranched alkanes of at least 4 members (excludes halogenated alkanes) is 1. The first-order valence-electron chi connectivity index (χ1n) is 7.47. The fraction of sp³-hybridized carbons (Fsp3) is 0.867. The van der Waals surface area contributed by atoms with Crippen LogP contribution in [-0.2, 0) is 9.53 Å². The zero-order chi connectivity index (χ0) is 15.2. The molecule has 0 bridgehead atoms. The van der Waals surface area contributed by atoms with Crippen LogP contribution < -0.4 is 0 Å². The summed E-state index contributed by atoms with van der Waals surface area (Å²) >= 11 is 0. The van der Waals surface area contributed by atoms with Crippen LogP contribution >= 0.6 is 0 Å². The molecule has 20 heavy (non-hydrogen) atoms. The Bertz CT molecular complexity index is 329. The molecule has 1 rings (SSSR count). The molecule has 0 spiro atoms. The van der Waals surface area contributed by atoms with Crippen LogP contribution in [-0.4, -0.2) is 60.0 Å². The van der Waals surface area contributed by atoms with Crippen LogP contribution in [0.4, 0.5) is 4.79 Å². The number of ketones is 1. The molecule has 1 heterocycles. The summed E-state index contributed by atoms with van der Waals surface area (Å²) < 4.78 is 5.37. The van der Waals surface area contributed by atoms with E-state index >= 15 is 0 Å². The van der Waals surface area contributed by atoms with Crippen molar-refractivity contribution in [3.05, 3.63) is 0 Å². The number of nitrogens with zero attached hydrogens (tertiary/aromatic N) is 2. The highest BCUT2D eigenvalue weighted by Gasteiger charge is 2.25. The van der Waals surface area contributed by atoms with Gasteiger partial charge in [-0.3, -0.25) is 4.90 Å². The van der Waals surface area contributed by atoms with E-state index in [-0.39, 0.29) is 11.9 Å². The van der Waals surface area contributed by atoms with E-state index in [9.17, 15) is 9.59 Å². The number of carbonyl (C=O) groups excluding carboxylic acids is 2. The van der Waals surface area contributed by atoms with Crippen molar-refractivity contribution in [2.24, 2.45) is 0 Å². The normalized spacial score (nSPS) is 17.1. The lowest BCUT2D eigenvalue weighted by Crippen LogP contribution is -2.50. The van der Waals surface area contributed by atoms with Crippen LogP contribution in [0.25, 0.3) is 0 Å². The molecule has 1 amide bonds. The predicted molar refractivity (Wildman–Crippen MR) is 78.8 cm³/mol. The van der Waals surface area contributed by atoms with Crippen LogP contribution in [0.2, 0.25) is 0 Å². The van der Waals surface area contributed by atoms with Crippen molar-refractivity contribution in [2.75, 3.05) is 32.7 Å². The minimum absolute atomic E-state index is 0.214. The Morgan fingerprint density at radius 1 is 1.05 bits per heavy atom. The van der Waals surface area contributed by atoms with Crippen LogP contribution in [0.1, 0.15) is 47.0 Å². The van der Waals surface area contributed by atoms with Gasteiger partial charge in [0.25, 0.3) is 0 Å². The van der Waals surface area contributed by atoms with Gasteiger partial charge < -0.3 is 14.4 Å². The van der Waals surface area contributed by atoms with Crippen molar-refractivity contribution >= 4 is 11.9 Å². The second kappa shape index (κ2) is 7.62. The highest BCUT2D eigenvalue weighted by Crippen LogP contribution is 2.12. The van der Waals surface area contributed by atoms with Crippen molar-refractivity contribution in [2.45, 2.75) is 52.6 Å². The standard InChI is InChI=1S/C15H28N2O3/c1-13(18)7-5-6-8-16-9-11-17(12-10-16)14(19)20-15(2,3)4/h5-12H2,1-4H3. The molecule has 116 valence electrons. The molecule has 1 fully saturated rings. The van der Waals surface area contributed by atoms with Crippen molar-refractivity contribution < 1.29 is 14.3 Å². The molecule has 0 radical (unpaired) electrons. The molecule has 0 atom stereocenters. The van der Waals surface area contributed by atoms with Gasteiger partial charge in [0.05, 0.1) is 0 Å². The van der Waals surface area contributed by atoms with Crippen molar-refractivity contribution in [3.63, 3.8) is 0 Å². The third kappa shape index (κ3) is 6.89. The van der Waals surface area contributed by atoms with E-state index in [4.69, 9.17) is 4.74 Å². The lowest BCUT2D eigenvalue weighted by molar-refractivity contribution is -0.117. The lowest BCUT2D eigenvalue weighted by Gasteiger charge is -2.35. The molecule has 0 aromatic carbocycles. The maximum absolute atomic E-state index is 11.9. The van der Waals surface area contributed by atoms with Crippen LogP contribution in [0.5, 0.6) is 0 Å². The van der Waals surface area contributed by atoms with Crippen LogP contribution in [0, 0.1) is 0 Å². The van der Waals surface area contributed by atoms with Crippen LogP contribution in [0.3, 0.4) is 0 Å². The summed E-state index contributed by atoms with van der Waals surface area (Å²) in [7, 11) is 0. The number of piperazine rings is 1. The summed E-state index contributed by atoms with van der Waals surface area (Å²) in [6.07, 6.45) is 2.47. The smallest absolute Gasteiger partial charge is 0.410 e. The zero-order valence-electron chi connectivity index (χ0n) is 13.3. The topological polar surface area (TPSA) is 49.9 Å². The monoisotopic (exact) mass is 284 g/mol. The molecular formula is C15H28N2O3. The molecule has 0 aromatic heterocycles. The van der Waals surface area contributed by atoms with Gasteiger partial charge in [-0.2, -0.15) is 0 Å². The van der Waals surface area contributed by atoms with Gasteiger partial charge in [0.1, 0.15) is 11.4 Å². The van der Waals surface area contributed by atoms with Crippen LogP contribution in [0.15, 0.2) is 0 Å². The third-order valence-electron chi connectivity index (χ3n) is 3.28. The Kier molecular flexibility index (Phi) is 6.46. The molecule has 1 saturated heterocycles. The van der Waals surface area contributed by atoms with Gasteiger partial charge in [0.2, 0.25) is 0 Å². The highest BCUT2D eigenvalue weighted by molar-refractivity contribution is 5.75. The molecule has 0 aromatic rings. The number of hydrogen-bond acceptors (Lipinski definition) is 4. The first kappa shape index (κ1) is 17.0. The number of carbonyl (C=O) groups is 2. The van der Waals surface area contributed by atoms with Crippen molar-refractivity contribution in [3.8, 4) is 0 Å². The quantitative estimate of drug-likeness (QED) is 0.727. The SMILES string of the molecule is CC(=O)CCCCN1CCN(C(=O)OC(C)(C)C)CC1. The van der Waals surface area contributed by atoms with E-state index < -0.39 is 5.60 Å². The summed E-state index contributed by atoms with van der Waals surface area (Å²) in [5.41, 5.74) is -0.430. The first-order valence-corrected chi connectivity index (χ1v) is 7.47. The van der Waals surface area contributed by atoms with Gasteiger partial charge in [0, 0.05) is 32.6 Å². The number of amides is 1. The second-order valence-corrected chi connectivity index (χ2v) is 6.47. The molecule has 0 N–H and O–H groups in total. The molecule has 0 aliphatic carbocycles. The van der Waals surface area contributed by atoms with Gasteiger partial charge >= 0.3 is 6.09 Å². The summed E-state index contributed by atoms with van der Waals surface area (Å²) in [5, 5.41) is 0. The predicted octanol–water partition coefficient (Wildman–Crippen LogP) is 2.30. The highest BCUT2D eigenvalue weighted by atomic mass is 16.6. The minimum Gasteiger partial charge on any atom is -0.444 e. The lowest BCUT2D eigenvalue weighted by atomic mass is 10.2. The van der Waals surface area contributed by atoms with E-state index in [0.717, 1.165) is 45.6 Å². The molecule has 5 heteroatoms. The fourth-order valence-electron chi connectivity index (χ4n) is 2.19. The van der Waals surface area contributed by atoms with Gasteiger partial charge in [-0.25, -0.2) is 4.79 Å². The number of ether oxygens (including phenoxy) is 1. The van der Waals surface area contributed by atoms with E-state index in [1.54, 1.807) is 11.8 Å². The Morgan fingerprint density at radius 3 is 2.15 bits per heavy atom. The van der Waals surface area contributed by atoms with E-state index in [0.29, 0.717) is 6.42 Å². The van der Waals surface area contributed by atoms with Crippen molar-refractivity contribution in [1.82, 2.24) is 9.80 Å². The Balaban J connectivity index is 2.19. The van der Waals surface area contributed by atoms with E-state index in [1.807, 2.05) is 20.8 Å². The van der Waals surface area contributed by atoms with Gasteiger partial charge in [0.15, 0.2) is 0 Å². The molecule has 0 saturated carbocycles. The van der Waals surface area contributed by atoms with Crippen molar-refractivity contribution in [1.29, 1.82) is 0 Å². The third-order valence-corrected chi connectivity index (χ3v) is 3.28. The Hall–Kier alpha value is -1.10. The maximum atomic E-state index is 11.9. The second-order valence-electron chi connectivity index (χ2n) is 6.47. The Labute approximate surface area is 122 Å². The van der Waals surface area contributed by atoms with E-state index in [2.05, 4.69) is 4.90 Å². The van der Waals surface area contributed by atoms with Gasteiger partial charge in [-0.1, -0.05) is 0 Å². The summed E-state index contributed by atoms with van der Waals surface area (Å²) in [6.45, 7) is 11.5. The fourth-order valence-corrected chi connectivity index (χ4v) is 2.19.